The van der Waals surface area contributed by atoms with Crippen LogP contribution in [-0.2, 0) is 6.18 Å². The number of hydrogen-bond acceptors (Lipinski definition) is 7. The second-order valence-electron chi connectivity index (χ2n) is 8.60. The van der Waals surface area contributed by atoms with Crippen LogP contribution in [0.1, 0.15) is 21.5 Å². The summed E-state index contributed by atoms with van der Waals surface area (Å²) in [6, 6.07) is 19.8. The van der Waals surface area contributed by atoms with Gasteiger partial charge in [0.05, 0.1) is 23.1 Å². The van der Waals surface area contributed by atoms with Gasteiger partial charge in [-0.25, -0.2) is 15.0 Å². The molecule has 3 heterocycles. The van der Waals surface area contributed by atoms with Crippen LogP contribution in [0.15, 0.2) is 97.5 Å². The Labute approximate surface area is 227 Å². The highest BCUT2D eigenvalue weighted by Crippen LogP contribution is 2.30. The molecule has 0 atom stereocenters. The normalized spacial score (nSPS) is 11.1. The van der Waals surface area contributed by atoms with Crippen LogP contribution < -0.4 is 15.4 Å². The predicted molar refractivity (Wildman–Crippen MR) is 143 cm³/mol. The molecular formula is C29H21F3N6O2. The van der Waals surface area contributed by atoms with Crippen LogP contribution in [-0.4, -0.2) is 25.8 Å². The maximum absolute atomic E-state index is 13.0. The minimum atomic E-state index is -4.55. The van der Waals surface area contributed by atoms with Crippen LogP contribution in [0.2, 0.25) is 0 Å². The molecule has 8 nitrogen and oxygen atoms in total. The number of benzene rings is 2. The molecule has 0 spiro atoms. The number of carbonyl (C=O) groups is 1. The van der Waals surface area contributed by atoms with Crippen LogP contribution in [0.25, 0.3) is 11.4 Å². The summed E-state index contributed by atoms with van der Waals surface area (Å²) < 4.78 is 44.9. The Morgan fingerprint density at radius 3 is 2.50 bits per heavy atom. The van der Waals surface area contributed by atoms with Crippen molar-refractivity contribution in [2.45, 2.75) is 13.1 Å². The van der Waals surface area contributed by atoms with Gasteiger partial charge in [-0.1, -0.05) is 18.2 Å². The lowest BCUT2D eigenvalue weighted by atomic mass is 10.1. The number of ether oxygens (including phenoxy) is 1. The van der Waals surface area contributed by atoms with Crippen LogP contribution in [0, 0.1) is 6.92 Å². The van der Waals surface area contributed by atoms with E-state index in [1.807, 2.05) is 6.92 Å². The van der Waals surface area contributed by atoms with Crippen molar-refractivity contribution in [1.29, 1.82) is 0 Å². The van der Waals surface area contributed by atoms with Gasteiger partial charge in [-0.05, 0) is 67.1 Å². The van der Waals surface area contributed by atoms with Crippen molar-refractivity contribution >= 4 is 23.2 Å². The second kappa shape index (κ2) is 11.2. The smallest absolute Gasteiger partial charge is 0.416 e. The third-order valence-electron chi connectivity index (χ3n) is 5.69. The number of anilines is 3. The topological polar surface area (TPSA) is 102 Å². The van der Waals surface area contributed by atoms with E-state index in [2.05, 4.69) is 30.6 Å². The van der Waals surface area contributed by atoms with Crippen molar-refractivity contribution < 1.29 is 22.7 Å². The first-order chi connectivity index (χ1) is 19.2. The first kappa shape index (κ1) is 26.3. The van der Waals surface area contributed by atoms with E-state index in [4.69, 9.17) is 4.74 Å². The van der Waals surface area contributed by atoms with E-state index in [1.165, 1.54) is 12.1 Å². The molecule has 0 unspecified atom stereocenters. The Kier molecular flexibility index (Phi) is 7.36. The highest BCUT2D eigenvalue weighted by molar-refractivity contribution is 6.04. The molecule has 2 N–H and O–H groups in total. The molecule has 0 saturated carbocycles. The van der Waals surface area contributed by atoms with Gasteiger partial charge in [0.25, 0.3) is 5.91 Å². The molecule has 0 radical (unpaired) electrons. The first-order valence-corrected chi connectivity index (χ1v) is 12.0. The molecule has 2 aromatic carbocycles. The lowest BCUT2D eigenvalue weighted by Gasteiger charge is -2.13. The largest absolute Gasteiger partial charge is 0.437 e. The zero-order valence-corrected chi connectivity index (χ0v) is 21.0. The van der Waals surface area contributed by atoms with Crippen molar-refractivity contribution in [2.75, 3.05) is 10.6 Å². The van der Waals surface area contributed by atoms with Gasteiger partial charge in [-0.3, -0.25) is 9.78 Å². The van der Waals surface area contributed by atoms with Gasteiger partial charge in [0, 0.05) is 35.4 Å². The quantitative estimate of drug-likeness (QED) is 0.227. The van der Waals surface area contributed by atoms with Crippen LogP contribution in [0.3, 0.4) is 0 Å². The van der Waals surface area contributed by atoms with Gasteiger partial charge < -0.3 is 15.4 Å². The molecule has 200 valence electrons. The van der Waals surface area contributed by atoms with E-state index >= 15 is 0 Å². The fraction of sp³-hybridized carbons (Fsp3) is 0.0690. The molecule has 5 rings (SSSR count). The first-order valence-electron chi connectivity index (χ1n) is 12.0. The number of halogens is 3. The summed E-state index contributed by atoms with van der Waals surface area (Å²) in [7, 11) is 0. The number of nitrogens with zero attached hydrogens (tertiary/aromatic N) is 4. The molecular weight excluding hydrogens is 521 g/mol. The van der Waals surface area contributed by atoms with Crippen molar-refractivity contribution in [3.63, 3.8) is 0 Å². The second-order valence-corrected chi connectivity index (χ2v) is 8.60. The van der Waals surface area contributed by atoms with Gasteiger partial charge >= 0.3 is 6.18 Å². The number of carbonyl (C=O) groups excluding carboxylic acids is 1. The summed E-state index contributed by atoms with van der Waals surface area (Å²) >= 11 is 0. The van der Waals surface area contributed by atoms with E-state index in [9.17, 15) is 18.0 Å². The number of nitrogens with one attached hydrogen (secondary N) is 2. The van der Waals surface area contributed by atoms with E-state index in [0.717, 1.165) is 17.7 Å². The van der Waals surface area contributed by atoms with E-state index in [-0.39, 0.29) is 11.5 Å². The number of amides is 1. The average Bonchev–Trinajstić information content (AvgIpc) is 2.95. The van der Waals surface area contributed by atoms with Crippen LogP contribution in [0.4, 0.5) is 30.5 Å². The number of aromatic nitrogens is 4. The molecule has 0 saturated heterocycles. The third-order valence-corrected chi connectivity index (χ3v) is 5.69. The molecule has 0 aliphatic carbocycles. The highest BCUT2D eigenvalue weighted by Gasteiger charge is 2.30. The number of alkyl halides is 3. The standard InChI is InChI=1S/C29H21F3N6O2/c1-18-10-11-21(35-27(39)19-5-2-6-20(15-19)29(30,31)32)16-25(18)38-28-34-14-12-24(37-28)23-8-3-9-26(36-23)40-22-7-4-13-33-17-22/h2-17H,1H3,(H,35,39)(H,34,37,38). The molecule has 0 fully saturated rings. The summed E-state index contributed by atoms with van der Waals surface area (Å²) in [5.41, 5.74) is 1.91. The summed E-state index contributed by atoms with van der Waals surface area (Å²) in [5, 5.41) is 5.77. The zero-order chi connectivity index (χ0) is 28.1. The van der Waals surface area contributed by atoms with Crippen molar-refractivity contribution in [1.82, 2.24) is 19.9 Å². The van der Waals surface area contributed by atoms with Crippen molar-refractivity contribution in [2.24, 2.45) is 0 Å². The molecule has 11 heteroatoms. The Bertz CT molecular complexity index is 1660. The molecule has 3 aromatic heterocycles. The minimum absolute atomic E-state index is 0.108. The van der Waals surface area contributed by atoms with Crippen molar-refractivity contribution in [3.05, 3.63) is 114 Å². The average molecular weight is 543 g/mol. The molecule has 0 bridgehead atoms. The predicted octanol–water partition coefficient (Wildman–Crippen LogP) is 7.05. The van der Waals surface area contributed by atoms with Crippen molar-refractivity contribution in [3.8, 4) is 23.0 Å². The summed E-state index contributed by atoms with van der Waals surface area (Å²) in [6.07, 6.45) is 0.262. The fourth-order valence-electron chi connectivity index (χ4n) is 3.70. The Balaban J connectivity index is 1.33. The number of aryl methyl sites for hydroxylation is 1. The molecule has 1 amide bonds. The Morgan fingerprint density at radius 1 is 0.875 bits per heavy atom. The number of hydrogen-bond donors (Lipinski definition) is 2. The fourth-order valence-corrected chi connectivity index (χ4v) is 3.70. The zero-order valence-electron chi connectivity index (χ0n) is 21.0. The van der Waals surface area contributed by atoms with Crippen LogP contribution in [0.5, 0.6) is 11.6 Å². The minimum Gasteiger partial charge on any atom is -0.437 e. The summed E-state index contributed by atoms with van der Waals surface area (Å²) in [4.78, 5) is 30.0. The molecule has 40 heavy (non-hydrogen) atoms. The van der Waals surface area contributed by atoms with Gasteiger partial charge in [-0.2, -0.15) is 13.2 Å². The molecule has 5 aromatic rings. The number of pyridine rings is 2. The van der Waals surface area contributed by atoms with Gasteiger partial charge in [0.1, 0.15) is 5.75 Å². The summed E-state index contributed by atoms with van der Waals surface area (Å²) in [5.74, 6) is 0.535. The van der Waals surface area contributed by atoms with Gasteiger partial charge in [0.15, 0.2) is 0 Å². The van der Waals surface area contributed by atoms with E-state index in [1.54, 1.807) is 73.2 Å². The molecule has 0 aliphatic rings. The monoisotopic (exact) mass is 542 g/mol. The third kappa shape index (κ3) is 6.38. The highest BCUT2D eigenvalue weighted by atomic mass is 19.4. The Hall–Kier alpha value is -5.32. The maximum Gasteiger partial charge on any atom is 0.416 e. The van der Waals surface area contributed by atoms with Crippen LogP contribution >= 0.6 is 0 Å². The lowest BCUT2D eigenvalue weighted by Crippen LogP contribution is -2.14. The van der Waals surface area contributed by atoms with E-state index in [0.29, 0.717) is 34.4 Å². The maximum atomic E-state index is 13.0. The Morgan fingerprint density at radius 2 is 1.70 bits per heavy atom. The van der Waals surface area contributed by atoms with Gasteiger partial charge in [-0.15, -0.1) is 0 Å². The molecule has 0 aliphatic heterocycles. The lowest BCUT2D eigenvalue weighted by molar-refractivity contribution is -0.137. The van der Waals surface area contributed by atoms with E-state index < -0.39 is 17.6 Å². The summed E-state index contributed by atoms with van der Waals surface area (Å²) in [6.45, 7) is 1.85. The SMILES string of the molecule is Cc1ccc(NC(=O)c2cccc(C(F)(F)F)c2)cc1Nc1nccc(-c2cccc(Oc3cccnc3)n2)n1. The number of rotatable bonds is 7. The van der Waals surface area contributed by atoms with Gasteiger partial charge in [0.2, 0.25) is 11.8 Å².